The van der Waals surface area contributed by atoms with Crippen molar-refractivity contribution in [2.75, 3.05) is 33.1 Å². The Bertz CT molecular complexity index is 1170. The molecule has 1 fully saturated rings. The molecule has 1 aromatic rings. The molecule has 3 unspecified atom stereocenters. The molecule has 34 heavy (non-hydrogen) atoms. The Labute approximate surface area is 202 Å². The van der Waals surface area contributed by atoms with Gasteiger partial charge in [-0.2, -0.15) is 0 Å². The van der Waals surface area contributed by atoms with E-state index in [4.69, 9.17) is 5.73 Å². The number of primary amides is 1. The lowest BCUT2D eigenvalue weighted by molar-refractivity contribution is -0.153. The minimum absolute atomic E-state index is 0. The molecule has 0 aromatic heterocycles. The first-order valence-corrected chi connectivity index (χ1v) is 10.5. The Morgan fingerprint density at radius 3 is 2.26 bits per heavy atom. The van der Waals surface area contributed by atoms with Crippen LogP contribution in [-0.4, -0.2) is 82.6 Å². The monoisotopic (exact) mass is 493 g/mol. The lowest BCUT2D eigenvalue weighted by Crippen LogP contribution is -2.65. The van der Waals surface area contributed by atoms with Crippen molar-refractivity contribution in [1.29, 1.82) is 0 Å². The van der Waals surface area contributed by atoms with Gasteiger partial charge in [0.15, 0.2) is 11.4 Å². The van der Waals surface area contributed by atoms with Gasteiger partial charge in [-0.25, -0.2) is 0 Å². The molecule has 6 N–H and O–H groups in total. The van der Waals surface area contributed by atoms with Crippen LogP contribution in [0.15, 0.2) is 29.0 Å². The highest BCUT2D eigenvalue weighted by atomic mass is 35.5. The first kappa shape index (κ1) is 25.5. The van der Waals surface area contributed by atoms with Gasteiger partial charge in [0.2, 0.25) is 5.78 Å². The first-order chi connectivity index (χ1) is 15.3. The van der Waals surface area contributed by atoms with Crippen LogP contribution < -0.4 is 10.6 Å². The van der Waals surface area contributed by atoms with Crippen molar-refractivity contribution >= 4 is 41.3 Å². The topological polar surface area (TPSA) is 165 Å². The minimum Gasteiger partial charge on any atom is -0.508 e. The zero-order valence-corrected chi connectivity index (χ0v) is 20.0. The maximum atomic E-state index is 13.7. The lowest BCUT2D eigenvalue weighted by atomic mass is 9.57. The average Bonchev–Trinajstić information content (AvgIpc) is 2.70. The van der Waals surface area contributed by atoms with Crippen LogP contribution in [0.1, 0.15) is 17.5 Å². The van der Waals surface area contributed by atoms with Crippen molar-refractivity contribution in [2.24, 2.45) is 17.6 Å². The molecule has 4 rings (SSSR count). The fourth-order valence-corrected chi connectivity index (χ4v) is 5.65. The smallest absolute Gasteiger partial charge is 0.255 e. The number of phenolic OH excluding ortho intramolecular Hbond substituents is 1. The van der Waals surface area contributed by atoms with Gasteiger partial charge in [-0.05, 0) is 50.6 Å². The van der Waals surface area contributed by atoms with E-state index in [0.717, 1.165) is 5.69 Å². The van der Waals surface area contributed by atoms with Gasteiger partial charge in [0, 0.05) is 31.3 Å². The van der Waals surface area contributed by atoms with E-state index in [2.05, 4.69) is 0 Å². The number of amides is 1. The second-order valence-electron chi connectivity index (χ2n) is 9.31. The Morgan fingerprint density at radius 1 is 1.12 bits per heavy atom. The van der Waals surface area contributed by atoms with E-state index in [1.54, 1.807) is 20.2 Å². The summed E-state index contributed by atoms with van der Waals surface area (Å²) >= 11 is 0. The number of phenols is 1. The normalized spacial score (nSPS) is 28.2. The molecule has 3 aliphatic carbocycles. The number of aromatic hydroxyl groups is 1. The number of halogens is 1. The van der Waals surface area contributed by atoms with Gasteiger partial charge in [-0.1, -0.05) is 0 Å². The van der Waals surface area contributed by atoms with Crippen molar-refractivity contribution in [1.82, 2.24) is 4.90 Å². The molecule has 0 aliphatic heterocycles. The van der Waals surface area contributed by atoms with Crippen LogP contribution in [0.3, 0.4) is 0 Å². The molecule has 4 atom stereocenters. The molecular formula is C23H28ClN3O7. The quantitative estimate of drug-likeness (QED) is 0.376. The zero-order chi connectivity index (χ0) is 24.6. The number of nitrogens with zero attached hydrogens (tertiary/aromatic N) is 2. The second-order valence-corrected chi connectivity index (χ2v) is 9.31. The third-order valence-electron chi connectivity index (χ3n) is 7.06. The van der Waals surface area contributed by atoms with E-state index < -0.39 is 58.0 Å². The summed E-state index contributed by atoms with van der Waals surface area (Å²) in [5, 5.41) is 43.9. The van der Waals surface area contributed by atoms with E-state index >= 15 is 0 Å². The number of fused-ring (bicyclic) bond motifs is 3. The SMILES string of the molecule is CN(C)c1ccc(O)c2c1CC1CC3[C@H](N(C)C)C(=O)C(C(N)=O)=C(O)C3(O)C(=O)C1=C2O.Cl. The van der Waals surface area contributed by atoms with Gasteiger partial charge in [-0.15, -0.1) is 12.4 Å². The number of aliphatic hydroxyl groups excluding tert-OH is 2. The van der Waals surface area contributed by atoms with E-state index in [1.165, 1.54) is 11.0 Å². The third-order valence-corrected chi connectivity index (χ3v) is 7.06. The highest BCUT2D eigenvalue weighted by Crippen LogP contribution is 2.53. The number of carbonyl (C=O) groups is 3. The molecule has 0 saturated heterocycles. The minimum atomic E-state index is -2.63. The van der Waals surface area contributed by atoms with Gasteiger partial charge in [0.1, 0.15) is 22.8 Å². The molecule has 3 aliphatic rings. The summed E-state index contributed by atoms with van der Waals surface area (Å²) in [4.78, 5) is 42.0. The number of ketones is 2. The van der Waals surface area contributed by atoms with E-state index in [0.29, 0.717) is 5.56 Å². The molecule has 0 spiro atoms. The van der Waals surface area contributed by atoms with E-state index in [1.807, 2.05) is 19.0 Å². The van der Waals surface area contributed by atoms with Gasteiger partial charge < -0.3 is 31.1 Å². The Kier molecular flexibility index (Phi) is 6.23. The molecular weight excluding hydrogens is 466 g/mol. The van der Waals surface area contributed by atoms with E-state index in [-0.39, 0.29) is 42.1 Å². The van der Waals surface area contributed by atoms with Crippen LogP contribution in [0.2, 0.25) is 0 Å². The first-order valence-electron chi connectivity index (χ1n) is 10.5. The predicted octanol–water partition coefficient (Wildman–Crippen LogP) is 0.452. The number of benzene rings is 1. The molecule has 0 heterocycles. The Morgan fingerprint density at radius 2 is 1.74 bits per heavy atom. The number of aliphatic hydroxyl groups is 3. The molecule has 10 nitrogen and oxygen atoms in total. The number of rotatable bonds is 3. The number of anilines is 1. The highest BCUT2D eigenvalue weighted by molar-refractivity contribution is 6.24. The van der Waals surface area contributed by atoms with Crippen molar-refractivity contribution in [3.05, 3.63) is 40.2 Å². The second kappa shape index (κ2) is 8.30. The van der Waals surface area contributed by atoms with Crippen molar-refractivity contribution in [3.63, 3.8) is 0 Å². The standard InChI is InChI=1S/C23H27N3O7.ClH/c1-25(2)12-5-6-13(27)15-10(12)7-9-8-11-17(26(3)4)19(29)16(22(24)32)21(31)23(11,33)20(30)14(9)18(15)28;/h5-6,9,11,17,27-28,31,33H,7-8H2,1-4H3,(H2,24,32);1H/t9?,11?,17-,23?;/m0./s1. The summed E-state index contributed by atoms with van der Waals surface area (Å²) in [5.41, 5.74) is 3.15. The van der Waals surface area contributed by atoms with Crippen LogP contribution in [0.5, 0.6) is 5.75 Å². The van der Waals surface area contributed by atoms with E-state index in [9.17, 15) is 34.8 Å². The Hall–Kier alpha value is -3.08. The maximum Gasteiger partial charge on any atom is 0.255 e. The largest absolute Gasteiger partial charge is 0.508 e. The van der Waals surface area contributed by atoms with Gasteiger partial charge in [-0.3, -0.25) is 19.3 Å². The Balaban J connectivity index is 0.00000324. The van der Waals surface area contributed by atoms with Crippen molar-refractivity contribution in [3.8, 4) is 5.75 Å². The third kappa shape index (κ3) is 3.20. The van der Waals surface area contributed by atoms with Crippen molar-refractivity contribution < 1.29 is 34.8 Å². The number of hydrogen-bond donors (Lipinski definition) is 5. The summed E-state index contributed by atoms with van der Waals surface area (Å²) in [6.45, 7) is 0. The zero-order valence-electron chi connectivity index (χ0n) is 19.2. The van der Waals surface area contributed by atoms with Gasteiger partial charge >= 0.3 is 0 Å². The lowest BCUT2D eigenvalue weighted by Gasteiger charge is -2.50. The highest BCUT2D eigenvalue weighted by Gasteiger charge is 2.64. The molecule has 1 saturated carbocycles. The summed E-state index contributed by atoms with van der Waals surface area (Å²) in [6.07, 6.45) is 0.324. The molecule has 1 aromatic carbocycles. The fraction of sp³-hybridized carbons (Fsp3) is 0.435. The summed E-state index contributed by atoms with van der Waals surface area (Å²) < 4.78 is 0. The summed E-state index contributed by atoms with van der Waals surface area (Å²) in [7, 11) is 6.75. The van der Waals surface area contributed by atoms with Crippen molar-refractivity contribution in [2.45, 2.75) is 24.5 Å². The molecule has 11 heteroatoms. The van der Waals surface area contributed by atoms with Crippen LogP contribution in [0, 0.1) is 11.8 Å². The fourth-order valence-electron chi connectivity index (χ4n) is 5.65. The number of likely N-dealkylation sites (N-methyl/N-ethyl adjacent to an activating group) is 1. The molecule has 0 bridgehead atoms. The number of hydrogen-bond acceptors (Lipinski definition) is 9. The van der Waals surface area contributed by atoms with Gasteiger partial charge in [0.05, 0.1) is 11.6 Å². The van der Waals surface area contributed by atoms with Gasteiger partial charge in [0.25, 0.3) is 5.91 Å². The number of carbonyl (C=O) groups excluding carboxylic acids is 3. The summed E-state index contributed by atoms with van der Waals surface area (Å²) in [5.74, 6) is -6.54. The molecule has 184 valence electrons. The molecule has 0 radical (unpaired) electrons. The van der Waals surface area contributed by atoms with Crippen LogP contribution >= 0.6 is 12.4 Å². The van der Waals surface area contributed by atoms with Crippen LogP contribution in [-0.2, 0) is 20.8 Å². The average molecular weight is 494 g/mol. The summed E-state index contributed by atoms with van der Waals surface area (Å²) in [6, 6.07) is 2.01. The number of Topliss-reactive ketones (excluding diaryl/α,β-unsaturated/α-hetero) is 2. The van der Waals surface area contributed by atoms with Crippen LogP contribution in [0.25, 0.3) is 5.76 Å². The number of nitrogens with two attached hydrogens (primary N) is 1. The predicted molar refractivity (Wildman–Crippen MR) is 126 cm³/mol. The van der Waals surface area contributed by atoms with Crippen LogP contribution in [0.4, 0.5) is 5.69 Å². The molecule has 1 amide bonds. The maximum absolute atomic E-state index is 13.7.